The van der Waals surface area contributed by atoms with Gasteiger partial charge >= 0.3 is 0 Å². The molecular formula is C23H28FN3O3S. The highest BCUT2D eigenvalue weighted by molar-refractivity contribution is 7.86. The minimum absolute atomic E-state index is 0.0254. The number of nitrogens with zero attached hydrogens (tertiary/aromatic N) is 3. The predicted octanol–water partition coefficient (Wildman–Crippen LogP) is 5.76. The molecule has 8 heteroatoms. The first-order chi connectivity index (χ1) is 14.3. The minimum Gasteiger partial charge on any atom is -0.282 e. The molecule has 0 saturated heterocycles. The van der Waals surface area contributed by atoms with Gasteiger partial charge in [-0.1, -0.05) is 47.6 Å². The van der Waals surface area contributed by atoms with Crippen LogP contribution in [-0.2, 0) is 10.1 Å². The summed E-state index contributed by atoms with van der Waals surface area (Å²) in [6.45, 7) is 13.3. The summed E-state index contributed by atoms with van der Waals surface area (Å²) in [5.74, 6) is -0.571. The Balaban J connectivity index is 2.66. The number of benzene rings is 1. The third-order valence-corrected chi connectivity index (χ3v) is 6.32. The molecule has 2 heterocycles. The molecule has 0 fully saturated rings. The maximum Gasteiger partial charge on any atom is 0.295 e. The van der Waals surface area contributed by atoms with Crippen molar-refractivity contribution in [1.82, 2.24) is 15.0 Å². The van der Waals surface area contributed by atoms with E-state index >= 15 is 0 Å². The molecule has 0 bridgehead atoms. The molecule has 0 aliphatic heterocycles. The van der Waals surface area contributed by atoms with E-state index in [0.717, 1.165) is 5.56 Å². The molecule has 1 N–H and O–H groups in total. The molecule has 3 rings (SSSR count). The van der Waals surface area contributed by atoms with Crippen LogP contribution in [-0.4, -0.2) is 27.9 Å². The summed E-state index contributed by atoms with van der Waals surface area (Å²) in [6.07, 6.45) is 1.35. The molecule has 0 saturated carbocycles. The fourth-order valence-electron chi connectivity index (χ4n) is 4.03. The van der Waals surface area contributed by atoms with E-state index in [1.54, 1.807) is 6.92 Å². The number of pyridine rings is 1. The number of hydrogen-bond donors (Lipinski definition) is 1. The highest BCUT2D eigenvalue weighted by atomic mass is 32.2. The van der Waals surface area contributed by atoms with Gasteiger partial charge in [-0.05, 0) is 41.4 Å². The minimum atomic E-state index is -4.53. The predicted molar refractivity (Wildman–Crippen MR) is 120 cm³/mol. The molecule has 31 heavy (non-hydrogen) atoms. The maximum atomic E-state index is 14.1. The van der Waals surface area contributed by atoms with Crippen molar-refractivity contribution in [3.63, 3.8) is 0 Å². The molecule has 0 aliphatic rings. The van der Waals surface area contributed by atoms with Crippen LogP contribution in [0.2, 0.25) is 0 Å². The van der Waals surface area contributed by atoms with Gasteiger partial charge in [-0.25, -0.2) is 15.0 Å². The van der Waals surface area contributed by atoms with Crippen LogP contribution < -0.4 is 0 Å². The van der Waals surface area contributed by atoms with E-state index < -0.39 is 16.1 Å². The van der Waals surface area contributed by atoms with E-state index in [1.165, 1.54) is 12.3 Å². The van der Waals surface area contributed by atoms with Crippen molar-refractivity contribution < 1.29 is 17.4 Å². The zero-order valence-corrected chi connectivity index (χ0v) is 19.7. The van der Waals surface area contributed by atoms with Gasteiger partial charge in [0.2, 0.25) is 5.95 Å². The van der Waals surface area contributed by atoms with Crippen LogP contribution >= 0.6 is 0 Å². The number of halogens is 1. The smallest absolute Gasteiger partial charge is 0.282 e. The fraction of sp³-hybridized carbons (Fsp3) is 0.435. The lowest BCUT2D eigenvalue weighted by molar-refractivity contribution is 0.479. The van der Waals surface area contributed by atoms with Crippen LogP contribution in [0.1, 0.15) is 81.8 Å². The SMILES string of the molecule is Cc1nc(-c2c(C(C)C)cc(C(C)C)c(S(=O)(=O)O)c2C(C)C)c2cc(F)ncc2n1. The van der Waals surface area contributed by atoms with Gasteiger partial charge in [-0.15, -0.1) is 0 Å². The van der Waals surface area contributed by atoms with Gasteiger partial charge in [0.15, 0.2) is 0 Å². The Morgan fingerprint density at radius 3 is 2.06 bits per heavy atom. The van der Waals surface area contributed by atoms with E-state index in [0.29, 0.717) is 39.1 Å². The van der Waals surface area contributed by atoms with Gasteiger partial charge in [0, 0.05) is 17.0 Å². The van der Waals surface area contributed by atoms with Crippen LogP contribution in [0, 0.1) is 12.9 Å². The summed E-state index contributed by atoms with van der Waals surface area (Å²) in [6, 6.07) is 3.10. The summed E-state index contributed by atoms with van der Waals surface area (Å²) < 4.78 is 49.5. The Kier molecular flexibility index (Phi) is 6.17. The van der Waals surface area contributed by atoms with Gasteiger partial charge in [0.1, 0.15) is 10.7 Å². The lowest BCUT2D eigenvalue weighted by atomic mass is 9.82. The third-order valence-electron chi connectivity index (χ3n) is 5.35. The second-order valence-electron chi connectivity index (χ2n) is 8.76. The molecule has 0 radical (unpaired) electrons. The molecule has 0 spiro atoms. The molecule has 1 aromatic carbocycles. The largest absolute Gasteiger partial charge is 0.295 e. The standard InChI is InChI=1S/C23H28FN3O3S/c1-11(2)15-8-16(12(3)4)23(31(28,29)30)20(13(5)6)21(15)22-17-9-19(24)25-10-18(17)26-14(7)27-22/h8-13H,1-7H3,(H,28,29,30). The van der Waals surface area contributed by atoms with Gasteiger partial charge in [-0.2, -0.15) is 12.8 Å². The van der Waals surface area contributed by atoms with Crippen molar-refractivity contribution in [2.45, 2.75) is 71.1 Å². The average molecular weight is 446 g/mol. The Labute approximate surface area is 182 Å². The molecule has 0 amide bonds. The molecule has 2 aromatic heterocycles. The van der Waals surface area contributed by atoms with Crippen molar-refractivity contribution in [3.8, 4) is 11.3 Å². The Morgan fingerprint density at radius 2 is 1.55 bits per heavy atom. The number of aryl methyl sites for hydroxylation is 1. The van der Waals surface area contributed by atoms with Crippen LogP contribution in [0.25, 0.3) is 22.2 Å². The lowest BCUT2D eigenvalue weighted by Gasteiger charge is -2.26. The normalized spacial score (nSPS) is 12.5. The average Bonchev–Trinajstić information content (AvgIpc) is 2.64. The van der Waals surface area contributed by atoms with Crippen LogP contribution in [0.3, 0.4) is 0 Å². The molecule has 0 atom stereocenters. The summed E-state index contributed by atoms with van der Waals surface area (Å²) in [5.41, 5.74) is 3.43. The molecule has 6 nitrogen and oxygen atoms in total. The first-order valence-electron chi connectivity index (χ1n) is 10.3. The molecule has 3 aromatic rings. The Hall–Kier alpha value is -2.45. The van der Waals surface area contributed by atoms with Gasteiger partial charge < -0.3 is 0 Å². The zero-order chi connectivity index (χ0) is 23.2. The van der Waals surface area contributed by atoms with Gasteiger partial charge in [0.25, 0.3) is 10.1 Å². The Bertz CT molecular complexity index is 1270. The van der Waals surface area contributed by atoms with E-state index in [2.05, 4.69) is 15.0 Å². The van der Waals surface area contributed by atoms with Crippen LogP contribution in [0.5, 0.6) is 0 Å². The van der Waals surface area contributed by atoms with Crippen molar-refractivity contribution in [3.05, 3.63) is 46.8 Å². The zero-order valence-electron chi connectivity index (χ0n) is 18.9. The van der Waals surface area contributed by atoms with E-state index in [9.17, 15) is 17.4 Å². The van der Waals surface area contributed by atoms with Gasteiger partial charge in [0.05, 0.1) is 17.4 Å². The van der Waals surface area contributed by atoms with Crippen molar-refractivity contribution >= 4 is 21.0 Å². The summed E-state index contributed by atoms with van der Waals surface area (Å²) >= 11 is 0. The van der Waals surface area contributed by atoms with Crippen molar-refractivity contribution in [2.75, 3.05) is 0 Å². The highest BCUT2D eigenvalue weighted by Gasteiger charge is 2.31. The lowest BCUT2D eigenvalue weighted by Crippen LogP contribution is -2.14. The van der Waals surface area contributed by atoms with Gasteiger partial charge in [-0.3, -0.25) is 4.55 Å². The monoisotopic (exact) mass is 445 g/mol. The van der Waals surface area contributed by atoms with Crippen molar-refractivity contribution in [2.24, 2.45) is 0 Å². The third kappa shape index (κ3) is 4.32. The quantitative estimate of drug-likeness (QED) is 0.397. The second-order valence-corrected chi connectivity index (χ2v) is 10.1. The topological polar surface area (TPSA) is 93.0 Å². The van der Waals surface area contributed by atoms with E-state index in [4.69, 9.17) is 0 Å². The van der Waals surface area contributed by atoms with Crippen LogP contribution in [0.15, 0.2) is 23.2 Å². The van der Waals surface area contributed by atoms with E-state index in [-0.39, 0.29) is 22.6 Å². The van der Waals surface area contributed by atoms with Crippen molar-refractivity contribution in [1.29, 1.82) is 0 Å². The summed E-state index contributed by atoms with van der Waals surface area (Å²) in [4.78, 5) is 12.6. The maximum absolute atomic E-state index is 14.1. The van der Waals surface area contributed by atoms with E-state index in [1.807, 2.05) is 47.6 Å². The molecule has 0 aliphatic carbocycles. The summed E-state index contributed by atoms with van der Waals surface area (Å²) in [7, 11) is -4.53. The number of rotatable bonds is 5. The number of aromatic nitrogens is 3. The number of fused-ring (bicyclic) bond motifs is 1. The molecule has 166 valence electrons. The van der Waals surface area contributed by atoms with Crippen LogP contribution in [0.4, 0.5) is 4.39 Å². The first kappa shape index (κ1) is 23.2. The highest BCUT2D eigenvalue weighted by Crippen LogP contribution is 2.44. The second kappa shape index (κ2) is 8.24. The summed E-state index contributed by atoms with van der Waals surface area (Å²) in [5, 5.41) is 0.445. The first-order valence-corrected chi connectivity index (χ1v) is 11.7. The number of hydrogen-bond acceptors (Lipinski definition) is 5. The molecule has 0 unspecified atom stereocenters. The Morgan fingerprint density at radius 1 is 0.935 bits per heavy atom. The molecular weight excluding hydrogens is 417 g/mol. The fourth-order valence-corrected chi connectivity index (χ4v) is 5.24.